The predicted molar refractivity (Wildman–Crippen MR) is 144 cm³/mol. The van der Waals surface area contributed by atoms with Gasteiger partial charge in [0.05, 0.1) is 52.6 Å². The Morgan fingerprint density at radius 1 is 1.08 bits per heavy atom. The predicted octanol–water partition coefficient (Wildman–Crippen LogP) is 3.14. The normalized spacial score (nSPS) is 13.4. The molecule has 0 saturated heterocycles. The summed E-state index contributed by atoms with van der Waals surface area (Å²) in [6.07, 6.45) is 13.3. The van der Waals surface area contributed by atoms with Crippen LogP contribution in [-0.4, -0.2) is 59.2 Å². The maximum absolute atomic E-state index is 13.2. The third-order valence-corrected chi connectivity index (χ3v) is 7.67. The quantitative estimate of drug-likeness (QED) is 0.348. The second-order valence-electron chi connectivity index (χ2n) is 9.27. The first-order valence-electron chi connectivity index (χ1n) is 12.1. The van der Waals surface area contributed by atoms with E-state index in [2.05, 4.69) is 35.7 Å². The lowest BCUT2D eigenvalue weighted by Crippen LogP contribution is -2.37. The summed E-state index contributed by atoms with van der Waals surface area (Å²) < 4.78 is 3.43. The van der Waals surface area contributed by atoms with E-state index in [0.717, 1.165) is 33.8 Å². The summed E-state index contributed by atoms with van der Waals surface area (Å²) in [7, 11) is 1.86. The lowest BCUT2D eigenvalue weighted by Gasteiger charge is -2.27. The Balaban J connectivity index is 1.13. The number of carbonyl (C=O) groups is 2. The van der Waals surface area contributed by atoms with E-state index in [1.165, 1.54) is 16.9 Å². The van der Waals surface area contributed by atoms with E-state index in [-0.39, 0.29) is 18.4 Å². The van der Waals surface area contributed by atoms with Gasteiger partial charge in [0.15, 0.2) is 0 Å². The van der Waals surface area contributed by atoms with Crippen molar-refractivity contribution in [3.8, 4) is 10.4 Å². The van der Waals surface area contributed by atoms with Crippen molar-refractivity contribution in [1.82, 2.24) is 34.3 Å². The molecular weight excluding hydrogens is 502 g/mol. The Morgan fingerprint density at radius 3 is 2.82 bits per heavy atom. The summed E-state index contributed by atoms with van der Waals surface area (Å²) in [5.74, 6) is -0.436. The van der Waals surface area contributed by atoms with E-state index in [9.17, 15) is 9.59 Å². The van der Waals surface area contributed by atoms with E-state index in [0.29, 0.717) is 29.2 Å². The van der Waals surface area contributed by atoms with Gasteiger partial charge in [-0.05, 0) is 36.6 Å². The minimum absolute atomic E-state index is 0.139. The van der Waals surface area contributed by atoms with Crippen LogP contribution in [0.1, 0.15) is 27.2 Å². The molecule has 0 spiro atoms. The average molecular weight is 528 g/mol. The summed E-state index contributed by atoms with van der Waals surface area (Å²) in [4.78, 5) is 38.3. The van der Waals surface area contributed by atoms with E-state index < -0.39 is 0 Å². The van der Waals surface area contributed by atoms with Crippen LogP contribution in [0.3, 0.4) is 0 Å². The topological polar surface area (TPSA) is 122 Å². The van der Waals surface area contributed by atoms with E-state index >= 15 is 0 Å². The smallest absolute Gasteiger partial charge is 0.260 e. The highest BCUT2D eigenvalue weighted by Crippen LogP contribution is 2.30. The van der Waals surface area contributed by atoms with Crippen LogP contribution in [0.15, 0.2) is 55.5 Å². The van der Waals surface area contributed by atoms with Crippen molar-refractivity contribution in [2.24, 2.45) is 7.05 Å². The maximum atomic E-state index is 13.2. The molecule has 192 valence electrons. The molecule has 6 heterocycles. The number of pyridine rings is 2. The van der Waals surface area contributed by atoms with E-state index in [1.807, 2.05) is 31.7 Å². The third kappa shape index (κ3) is 4.78. The van der Waals surface area contributed by atoms with Gasteiger partial charge in [-0.2, -0.15) is 10.2 Å². The van der Waals surface area contributed by atoms with Gasteiger partial charge in [0.25, 0.3) is 5.91 Å². The highest BCUT2D eigenvalue weighted by molar-refractivity contribution is 7.21. The lowest BCUT2D eigenvalue weighted by atomic mass is 10.0. The number of rotatable bonds is 6. The van der Waals surface area contributed by atoms with Crippen LogP contribution in [0.4, 0.5) is 11.4 Å². The van der Waals surface area contributed by atoms with Crippen LogP contribution in [0.25, 0.3) is 15.3 Å². The molecule has 6 rings (SSSR count). The van der Waals surface area contributed by atoms with Crippen molar-refractivity contribution >= 4 is 39.4 Å². The van der Waals surface area contributed by atoms with Crippen LogP contribution >= 0.6 is 11.3 Å². The lowest BCUT2D eigenvalue weighted by molar-refractivity contribution is -0.117. The zero-order chi connectivity index (χ0) is 26.2. The molecule has 0 saturated carbocycles. The number of hydrogen-bond donors (Lipinski definition) is 2. The number of fused-ring (bicyclic) bond motifs is 2. The number of aryl methyl sites for hydroxylation is 2. The minimum Gasteiger partial charge on any atom is -0.324 e. The molecule has 0 aliphatic carbocycles. The van der Waals surface area contributed by atoms with Gasteiger partial charge < -0.3 is 10.6 Å². The third-order valence-electron chi connectivity index (χ3n) is 6.51. The second-order valence-corrected chi connectivity index (χ2v) is 10.3. The van der Waals surface area contributed by atoms with Gasteiger partial charge in [0.2, 0.25) is 5.91 Å². The zero-order valence-electron chi connectivity index (χ0n) is 20.9. The molecule has 0 unspecified atom stereocenters. The first-order chi connectivity index (χ1) is 18.4. The number of thiazole rings is 1. The van der Waals surface area contributed by atoms with Gasteiger partial charge in [-0.25, -0.2) is 4.52 Å². The Morgan fingerprint density at radius 2 is 1.97 bits per heavy atom. The average Bonchev–Trinajstić information content (AvgIpc) is 3.61. The molecule has 2 amide bonds. The number of amides is 2. The standard InChI is InChI=1S/C26H25N9O2S/c1-16-22(32-25(37)21-11-30-35-14-23(38-26(21)35)19-9-29-33(2)12-19)7-20(10-28-16)31-24(36)15-34-6-4-17-3-5-27-8-18(17)13-34/h3,5,7-12,14H,4,6,13,15H2,1-2H3,(H,31,36)(H,32,37). The summed E-state index contributed by atoms with van der Waals surface area (Å²) in [5, 5.41) is 14.4. The molecule has 0 radical (unpaired) electrons. The molecule has 0 atom stereocenters. The molecule has 5 aromatic heterocycles. The summed E-state index contributed by atoms with van der Waals surface area (Å²) in [6, 6.07) is 3.76. The monoisotopic (exact) mass is 527 g/mol. The Kier molecular flexibility index (Phi) is 6.18. The van der Waals surface area contributed by atoms with Crippen LogP contribution in [0.5, 0.6) is 0 Å². The number of nitrogens with one attached hydrogen (secondary N) is 2. The molecule has 1 aliphatic heterocycles. The Labute approximate surface area is 222 Å². The second kappa shape index (κ2) is 9.80. The summed E-state index contributed by atoms with van der Waals surface area (Å²) in [6.45, 7) is 3.56. The van der Waals surface area contributed by atoms with Crippen molar-refractivity contribution in [2.75, 3.05) is 23.7 Å². The van der Waals surface area contributed by atoms with Crippen molar-refractivity contribution in [2.45, 2.75) is 19.9 Å². The molecule has 12 heteroatoms. The van der Waals surface area contributed by atoms with Gasteiger partial charge in [-0.15, -0.1) is 11.3 Å². The minimum atomic E-state index is -0.298. The van der Waals surface area contributed by atoms with Gasteiger partial charge in [-0.1, -0.05) is 0 Å². The molecule has 5 aromatic rings. The Bertz CT molecular complexity index is 1670. The Hall–Kier alpha value is -4.42. The largest absolute Gasteiger partial charge is 0.324 e. The molecule has 11 nitrogen and oxygen atoms in total. The number of anilines is 2. The van der Waals surface area contributed by atoms with Crippen molar-refractivity contribution in [1.29, 1.82) is 0 Å². The van der Waals surface area contributed by atoms with E-state index in [1.54, 1.807) is 47.0 Å². The SMILES string of the molecule is Cc1ncc(NC(=O)CN2CCc3ccncc3C2)cc1NC(=O)c1cnn2cc(-c3cnn(C)c3)sc12. The first-order valence-corrected chi connectivity index (χ1v) is 12.9. The van der Waals surface area contributed by atoms with Gasteiger partial charge >= 0.3 is 0 Å². The van der Waals surface area contributed by atoms with Crippen LogP contribution < -0.4 is 10.6 Å². The van der Waals surface area contributed by atoms with Crippen LogP contribution in [0.2, 0.25) is 0 Å². The highest BCUT2D eigenvalue weighted by atomic mass is 32.1. The molecule has 0 bridgehead atoms. The van der Waals surface area contributed by atoms with Crippen molar-refractivity contribution in [3.63, 3.8) is 0 Å². The fraction of sp³-hybridized carbons (Fsp3) is 0.231. The number of nitrogens with zero attached hydrogens (tertiary/aromatic N) is 7. The van der Waals surface area contributed by atoms with Crippen LogP contribution in [0, 0.1) is 6.92 Å². The summed E-state index contributed by atoms with van der Waals surface area (Å²) in [5.41, 5.74) is 5.54. The fourth-order valence-electron chi connectivity index (χ4n) is 4.52. The molecule has 0 aromatic carbocycles. The van der Waals surface area contributed by atoms with Crippen molar-refractivity contribution < 1.29 is 9.59 Å². The molecule has 1 aliphatic rings. The van der Waals surface area contributed by atoms with Gasteiger partial charge in [0, 0.05) is 50.5 Å². The summed E-state index contributed by atoms with van der Waals surface area (Å²) >= 11 is 1.47. The van der Waals surface area contributed by atoms with Crippen LogP contribution in [-0.2, 0) is 24.8 Å². The first kappa shape index (κ1) is 23.9. The number of aromatic nitrogens is 6. The maximum Gasteiger partial charge on any atom is 0.260 e. The molecule has 0 fully saturated rings. The van der Waals surface area contributed by atoms with Gasteiger partial charge in [-0.3, -0.25) is 29.1 Å². The number of carbonyl (C=O) groups excluding carboxylic acids is 2. The van der Waals surface area contributed by atoms with E-state index in [4.69, 9.17) is 0 Å². The highest BCUT2D eigenvalue weighted by Gasteiger charge is 2.20. The fourth-order valence-corrected chi connectivity index (χ4v) is 5.55. The molecule has 38 heavy (non-hydrogen) atoms. The van der Waals surface area contributed by atoms with Crippen molar-refractivity contribution in [3.05, 3.63) is 77.9 Å². The van der Waals surface area contributed by atoms with Gasteiger partial charge in [0.1, 0.15) is 4.83 Å². The number of hydrogen-bond acceptors (Lipinski definition) is 8. The zero-order valence-corrected chi connectivity index (χ0v) is 21.7. The molecular formula is C26H25N9O2S. The molecule has 2 N–H and O–H groups in total.